The molecule has 0 aliphatic rings. The Balaban J connectivity index is 2.42. The van der Waals surface area contributed by atoms with Gasteiger partial charge in [-0.05, 0) is 46.3 Å². The molecule has 0 radical (unpaired) electrons. The van der Waals surface area contributed by atoms with Gasteiger partial charge < -0.3 is 0 Å². The number of hydrogen-bond acceptors (Lipinski definition) is 1. The third-order valence-corrected chi connectivity index (χ3v) is 4.42. The second kappa shape index (κ2) is 5.57. The zero-order valence-electron chi connectivity index (χ0n) is 10.1. The van der Waals surface area contributed by atoms with Crippen LogP contribution in [-0.4, -0.2) is 9.55 Å². The SMILES string of the molecule is ClCc1nc2cccc(Cl)c2n1-c1cc(Cl)ccc1Br. The number of aromatic nitrogens is 2. The van der Waals surface area contributed by atoms with Gasteiger partial charge in [0, 0.05) is 9.50 Å². The molecule has 0 amide bonds. The number of fused-ring (bicyclic) bond motifs is 1. The number of benzene rings is 2. The molecule has 0 spiro atoms. The van der Waals surface area contributed by atoms with Crippen LogP contribution in [0.25, 0.3) is 16.7 Å². The molecular formula is C14H8BrCl3N2. The van der Waals surface area contributed by atoms with Gasteiger partial charge in [-0.15, -0.1) is 11.6 Å². The van der Waals surface area contributed by atoms with Crippen molar-refractivity contribution in [3.63, 3.8) is 0 Å². The van der Waals surface area contributed by atoms with Crippen LogP contribution in [0.5, 0.6) is 0 Å². The predicted octanol–water partition coefficient (Wildman–Crippen LogP) is 5.83. The largest absolute Gasteiger partial charge is 0.293 e. The van der Waals surface area contributed by atoms with E-state index in [1.54, 1.807) is 0 Å². The molecule has 2 nitrogen and oxygen atoms in total. The first-order valence-corrected chi connectivity index (χ1v) is 7.87. The predicted molar refractivity (Wildman–Crippen MR) is 88.3 cm³/mol. The molecule has 6 heteroatoms. The number of nitrogens with zero attached hydrogens (tertiary/aromatic N) is 2. The molecule has 0 atom stereocenters. The summed E-state index contributed by atoms with van der Waals surface area (Å²) >= 11 is 22.0. The number of alkyl halides is 1. The lowest BCUT2D eigenvalue weighted by Crippen LogP contribution is -2.00. The summed E-state index contributed by atoms with van der Waals surface area (Å²) in [5, 5.41) is 1.26. The zero-order valence-corrected chi connectivity index (χ0v) is 13.9. The van der Waals surface area contributed by atoms with Crippen LogP contribution in [0.3, 0.4) is 0 Å². The molecule has 0 saturated carbocycles. The van der Waals surface area contributed by atoms with E-state index in [9.17, 15) is 0 Å². The molecule has 3 aromatic rings. The smallest absolute Gasteiger partial charge is 0.129 e. The van der Waals surface area contributed by atoms with Crippen molar-refractivity contribution in [2.75, 3.05) is 0 Å². The van der Waals surface area contributed by atoms with Gasteiger partial charge in [-0.2, -0.15) is 0 Å². The molecule has 0 fully saturated rings. The van der Waals surface area contributed by atoms with Crippen LogP contribution < -0.4 is 0 Å². The lowest BCUT2D eigenvalue weighted by molar-refractivity contribution is 0.977. The first-order valence-electron chi connectivity index (χ1n) is 5.79. The van der Waals surface area contributed by atoms with E-state index < -0.39 is 0 Å². The molecule has 0 aliphatic carbocycles. The van der Waals surface area contributed by atoms with Crippen molar-refractivity contribution in [2.45, 2.75) is 5.88 Å². The minimum atomic E-state index is 0.282. The molecular weight excluding hydrogens is 382 g/mol. The number of para-hydroxylation sites is 1. The van der Waals surface area contributed by atoms with E-state index in [0.29, 0.717) is 10.0 Å². The quantitative estimate of drug-likeness (QED) is 0.503. The fourth-order valence-corrected chi connectivity index (χ4v) is 3.16. The monoisotopic (exact) mass is 388 g/mol. The number of imidazole rings is 1. The zero-order chi connectivity index (χ0) is 14.3. The maximum Gasteiger partial charge on any atom is 0.129 e. The summed E-state index contributed by atoms with van der Waals surface area (Å²) in [6.07, 6.45) is 0. The van der Waals surface area contributed by atoms with Crippen molar-refractivity contribution in [3.05, 3.63) is 56.7 Å². The van der Waals surface area contributed by atoms with Gasteiger partial charge in [0.25, 0.3) is 0 Å². The van der Waals surface area contributed by atoms with E-state index >= 15 is 0 Å². The number of rotatable bonds is 2. The summed E-state index contributed by atoms with van der Waals surface area (Å²) in [7, 11) is 0. The molecule has 102 valence electrons. The van der Waals surface area contributed by atoms with E-state index in [4.69, 9.17) is 34.8 Å². The van der Waals surface area contributed by atoms with E-state index in [1.165, 1.54) is 0 Å². The van der Waals surface area contributed by atoms with Gasteiger partial charge >= 0.3 is 0 Å². The Morgan fingerprint density at radius 1 is 1.15 bits per heavy atom. The highest BCUT2D eigenvalue weighted by atomic mass is 79.9. The first-order chi connectivity index (χ1) is 9.61. The maximum atomic E-state index is 6.32. The van der Waals surface area contributed by atoms with Gasteiger partial charge in [0.05, 0.1) is 27.6 Å². The highest BCUT2D eigenvalue weighted by Gasteiger charge is 2.16. The van der Waals surface area contributed by atoms with Crippen LogP contribution in [0.15, 0.2) is 40.9 Å². The fraction of sp³-hybridized carbons (Fsp3) is 0.0714. The van der Waals surface area contributed by atoms with Gasteiger partial charge in [-0.1, -0.05) is 29.3 Å². The van der Waals surface area contributed by atoms with Crippen molar-refractivity contribution < 1.29 is 0 Å². The van der Waals surface area contributed by atoms with E-state index in [1.807, 2.05) is 41.0 Å². The molecule has 20 heavy (non-hydrogen) atoms. The minimum absolute atomic E-state index is 0.282. The van der Waals surface area contributed by atoms with Gasteiger partial charge in [-0.25, -0.2) is 4.98 Å². The van der Waals surface area contributed by atoms with E-state index in [2.05, 4.69) is 20.9 Å². The van der Waals surface area contributed by atoms with Crippen LogP contribution in [0.1, 0.15) is 5.82 Å². The molecule has 3 rings (SSSR count). The van der Waals surface area contributed by atoms with Crippen molar-refractivity contribution in [1.82, 2.24) is 9.55 Å². The summed E-state index contributed by atoms with van der Waals surface area (Å²) in [6.45, 7) is 0. The number of halogens is 4. The second-order valence-electron chi connectivity index (χ2n) is 4.20. The van der Waals surface area contributed by atoms with Gasteiger partial charge in [0.15, 0.2) is 0 Å². The lowest BCUT2D eigenvalue weighted by Gasteiger charge is -2.11. The Hall–Kier alpha value is -0.740. The summed E-state index contributed by atoms with van der Waals surface area (Å²) < 4.78 is 2.83. The van der Waals surface area contributed by atoms with Crippen LogP contribution in [0.4, 0.5) is 0 Å². The topological polar surface area (TPSA) is 17.8 Å². The molecule has 0 aliphatic heterocycles. The Kier molecular flexibility index (Phi) is 3.95. The Morgan fingerprint density at radius 3 is 2.70 bits per heavy atom. The third-order valence-electron chi connectivity index (χ3n) is 2.97. The number of hydrogen-bond donors (Lipinski definition) is 0. The minimum Gasteiger partial charge on any atom is -0.293 e. The highest BCUT2D eigenvalue weighted by Crippen LogP contribution is 2.33. The summed E-state index contributed by atoms with van der Waals surface area (Å²) in [5.74, 6) is 1.00. The standard InChI is InChI=1S/C14H8BrCl3N2/c15-9-5-4-8(17)6-12(9)20-13(7-16)19-11-3-1-2-10(18)14(11)20/h1-6H,7H2. The van der Waals surface area contributed by atoms with Crippen molar-refractivity contribution in [2.24, 2.45) is 0 Å². The third kappa shape index (κ3) is 2.33. The molecule has 1 heterocycles. The summed E-state index contributed by atoms with van der Waals surface area (Å²) in [4.78, 5) is 4.52. The summed E-state index contributed by atoms with van der Waals surface area (Å²) in [5.41, 5.74) is 2.50. The van der Waals surface area contributed by atoms with E-state index in [0.717, 1.165) is 27.0 Å². The Morgan fingerprint density at radius 2 is 1.95 bits per heavy atom. The van der Waals surface area contributed by atoms with Crippen LogP contribution in [0, 0.1) is 0 Å². The van der Waals surface area contributed by atoms with Gasteiger partial charge in [0.2, 0.25) is 0 Å². The summed E-state index contributed by atoms with van der Waals surface area (Å²) in [6, 6.07) is 11.2. The van der Waals surface area contributed by atoms with Gasteiger partial charge in [0.1, 0.15) is 5.82 Å². The second-order valence-corrected chi connectivity index (χ2v) is 6.17. The average molecular weight is 390 g/mol. The van der Waals surface area contributed by atoms with Gasteiger partial charge in [-0.3, -0.25) is 4.57 Å². The maximum absolute atomic E-state index is 6.32. The van der Waals surface area contributed by atoms with Crippen molar-refractivity contribution in [1.29, 1.82) is 0 Å². The first kappa shape index (κ1) is 14.2. The molecule has 1 aromatic heterocycles. The molecule has 0 saturated heterocycles. The fourth-order valence-electron chi connectivity index (χ4n) is 2.14. The Labute approximate surface area is 139 Å². The molecule has 0 unspecified atom stereocenters. The van der Waals surface area contributed by atoms with Crippen LogP contribution >= 0.6 is 50.7 Å². The Bertz CT molecular complexity index is 798. The van der Waals surface area contributed by atoms with Crippen molar-refractivity contribution in [3.8, 4) is 5.69 Å². The molecule has 0 N–H and O–H groups in total. The lowest BCUT2D eigenvalue weighted by atomic mass is 10.2. The van der Waals surface area contributed by atoms with E-state index in [-0.39, 0.29) is 5.88 Å². The van der Waals surface area contributed by atoms with Crippen LogP contribution in [0.2, 0.25) is 10.0 Å². The molecule has 0 bridgehead atoms. The normalized spacial score (nSPS) is 11.2. The van der Waals surface area contributed by atoms with Crippen LogP contribution in [-0.2, 0) is 5.88 Å². The van der Waals surface area contributed by atoms with Crippen molar-refractivity contribution >= 4 is 61.8 Å². The highest BCUT2D eigenvalue weighted by molar-refractivity contribution is 9.10. The average Bonchev–Trinajstić information content (AvgIpc) is 2.81. The molecule has 2 aromatic carbocycles.